The van der Waals surface area contributed by atoms with Gasteiger partial charge in [-0.25, -0.2) is 0 Å². The molecule has 16 heavy (non-hydrogen) atoms. The Kier molecular flexibility index (Phi) is 5.62. The summed E-state index contributed by atoms with van der Waals surface area (Å²) in [6, 6.07) is 7.76. The molecule has 1 aromatic rings. The SMILES string of the molecule is CCCCCNc1ccccc1C(=O)CC. The average molecular weight is 219 g/mol. The Bertz CT molecular complexity index is 333. The lowest BCUT2D eigenvalue weighted by Gasteiger charge is -2.10. The first-order valence-electron chi connectivity index (χ1n) is 6.15. The van der Waals surface area contributed by atoms with Crippen molar-refractivity contribution in [3.8, 4) is 0 Å². The first-order chi connectivity index (χ1) is 7.79. The largest absolute Gasteiger partial charge is 0.384 e. The Morgan fingerprint density at radius 3 is 2.62 bits per heavy atom. The first-order valence-corrected chi connectivity index (χ1v) is 6.15. The maximum atomic E-state index is 11.7. The van der Waals surface area contributed by atoms with Gasteiger partial charge in [0.2, 0.25) is 0 Å². The Hall–Kier alpha value is -1.31. The van der Waals surface area contributed by atoms with Crippen LogP contribution in [0.1, 0.15) is 49.9 Å². The van der Waals surface area contributed by atoms with E-state index in [9.17, 15) is 4.79 Å². The second-order valence-electron chi connectivity index (χ2n) is 3.96. The third-order valence-corrected chi connectivity index (χ3v) is 2.64. The monoisotopic (exact) mass is 219 g/mol. The molecule has 2 heteroatoms. The van der Waals surface area contributed by atoms with Crippen molar-refractivity contribution in [3.05, 3.63) is 29.8 Å². The van der Waals surface area contributed by atoms with E-state index in [4.69, 9.17) is 0 Å². The molecule has 0 radical (unpaired) electrons. The van der Waals surface area contributed by atoms with Gasteiger partial charge in [-0.1, -0.05) is 38.8 Å². The summed E-state index contributed by atoms with van der Waals surface area (Å²) in [6.07, 6.45) is 4.17. The normalized spacial score (nSPS) is 10.1. The smallest absolute Gasteiger partial charge is 0.164 e. The number of carbonyl (C=O) groups is 1. The number of rotatable bonds is 7. The highest BCUT2D eigenvalue weighted by Gasteiger charge is 2.07. The summed E-state index contributed by atoms with van der Waals surface area (Å²) in [5.41, 5.74) is 1.80. The predicted octanol–water partition coefficient (Wildman–Crippen LogP) is 3.88. The number of hydrogen-bond acceptors (Lipinski definition) is 2. The summed E-state index contributed by atoms with van der Waals surface area (Å²) < 4.78 is 0. The van der Waals surface area contributed by atoms with Gasteiger partial charge >= 0.3 is 0 Å². The van der Waals surface area contributed by atoms with Crippen LogP contribution in [0.15, 0.2) is 24.3 Å². The van der Waals surface area contributed by atoms with Gasteiger partial charge < -0.3 is 5.32 Å². The topological polar surface area (TPSA) is 29.1 Å². The van der Waals surface area contributed by atoms with Crippen LogP contribution < -0.4 is 5.32 Å². The van der Waals surface area contributed by atoms with E-state index in [0.29, 0.717) is 6.42 Å². The Morgan fingerprint density at radius 2 is 1.94 bits per heavy atom. The second-order valence-corrected chi connectivity index (χ2v) is 3.96. The van der Waals surface area contributed by atoms with Crippen LogP contribution in [0.2, 0.25) is 0 Å². The van der Waals surface area contributed by atoms with E-state index in [1.54, 1.807) is 0 Å². The number of nitrogens with one attached hydrogen (secondary N) is 1. The predicted molar refractivity (Wildman–Crippen MR) is 69.1 cm³/mol. The number of carbonyl (C=O) groups excluding carboxylic acids is 1. The van der Waals surface area contributed by atoms with Gasteiger partial charge in [0, 0.05) is 24.2 Å². The van der Waals surface area contributed by atoms with Crippen LogP contribution in [0, 0.1) is 0 Å². The van der Waals surface area contributed by atoms with Gasteiger partial charge in [0.25, 0.3) is 0 Å². The zero-order chi connectivity index (χ0) is 11.8. The molecule has 0 aliphatic carbocycles. The van der Waals surface area contributed by atoms with Crippen molar-refractivity contribution >= 4 is 11.5 Å². The van der Waals surface area contributed by atoms with Crippen LogP contribution in [-0.2, 0) is 0 Å². The van der Waals surface area contributed by atoms with E-state index in [0.717, 1.165) is 24.2 Å². The number of benzene rings is 1. The van der Waals surface area contributed by atoms with Crippen LogP contribution >= 0.6 is 0 Å². The molecule has 88 valence electrons. The summed E-state index contributed by atoms with van der Waals surface area (Å²) in [7, 11) is 0. The quantitative estimate of drug-likeness (QED) is 0.557. The van der Waals surface area contributed by atoms with Crippen LogP contribution in [-0.4, -0.2) is 12.3 Å². The summed E-state index contributed by atoms with van der Waals surface area (Å²) in [4.78, 5) is 11.7. The molecule has 0 amide bonds. The van der Waals surface area contributed by atoms with Crippen molar-refractivity contribution in [1.82, 2.24) is 0 Å². The zero-order valence-corrected chi connectivity index (χ0v) is 10.3. The number of para-hydroxylation sites is 1. The van der Waals surface area contributed by atoms with Crippen LogP contribution in [0.3, 0.4) is 0 Å². The molecule has 0 aliphatic rings. The average Bonchev–Trinajstić information content (AvgIpc) is 2.34. The Morgan fingerprint density at radius 1 is 1.19 bits per heavy atom. The fourth-order valence-corrected chi connectivity index (χ4v) is 1.67. The summed E-state index contributed by atoms with van der Waals surface area (Å²) in [5.74, 6) is 0.207. The number of hydrogen-bond donors (Lipinski definition) is 1. The van der Waals surface area contributed by atoms with E-state index in [-0.39, 0.29) is 5.78 Å². The number of ketones is 1. The third-order valence-electron chi connectivity index (χ3n) is 2.64. The highest BCUT2D eigenvalue weighted by Crippen LogP contribution is 2.16. The van der Waals surface area contributed by atoms with E-state index in [2.05, 4.69) is 12.2 Å². The molecule has 0 fully saturated rings. The molecular formula is C14H21NO. The van der Waals surface area contributed by atoms with E-state index < -0.39 is 0 Å². The molecule has 0 aromatic heterocycles. The molecule has 1 N–H and O–H groups in total. The van der Waals surface area contributed by atoms with Crippen molar-refractivity contribution in [2.75, 3.05) is 11.9 Å². The van der Waals surface area contributed by atoms with Gasteiger partial charge in [-0.3, -0.25) is 4.79 Å². The van der Waals surface area contributed by atoms with Gasteiger partial charge in [0.1, 0.15) is 0 Å². The standard InChI is InChI=1S/C14H21NO/c1-3-5-8-11-15-13-10-7-6-9-12(13)14(16)4-2/h6-7,9-10,15H,3-5,8,11H2,1-2H3. The molecule has 1 rings (SSSR count). The van der Waals surface area contributed by atoms with E-state index in [1.165, 1.54) is 12.8 Å². The molecule has 0 saturated carbocycles. The summed E-state index contributed by atoms with van der Waals surface area (Å²) in [6.45, 7) is 5.03. The highest BCUT2D eigenvalue weighted by atomic mass is 16.1. The van der Waals surface area contributed by atoms with Crippen LogP contribution in [0.25, 0.3) is 0 Å². The number of anilines is 1. The van der Waals surface area contributed by atoms with Crippen molar-refractivity contribution in [1.29, 1.82) is 0 Å². The van der Waals surface area contributed by atoms with Crippen molar-refractivity contribution in [3.63, 3.8) is 0 Å². The van der Waals surface area contributed by atoms with E-state index in [1.807, 2.05) is 31.2 Å². The first kappa shape index (κ1) is 12.8. The van der Waals surface area contributed by atoms with Gasteiger partial charge in [0.15, 0.2) is 5.78 Å². The van der Waals surface area contributed by atoms with E-state index >= 15 is 0 Å². The third kappa shape index (κ3) is 3.69. The number of Topliss-reactive ketones (excluding diaryl/α,β-unsaturated/α-hetero) is 1. The lowest BCUT2D eigenvalue weighted by molar-refractivity contribution is 0.0989. The molecule has 0 bridgehead atoms. The van der Waals surface area contributed by atoms with Crippen molar-refractivity contribution in [2.24, 2.45) is 0 Å². The fourth-order valence-electron chi connectivity index (χ4n) is 1.67. The van der Waals surface area contributed by atoms with Gasteiger partial charge in [0.05, 0.1) is 0 Å². The molecular weight excluding hydrogens is 198 g/mol. The fraction of sp³-hybridized carbons (Fsp3) is 0.500. The van der Waals surface area contributed by atoms with Crippen molar-refractivity contribution < 1.29 is 4.79 Å². The molecule has 0 spiro atoms. The molecule has 0 atom stereocenters. The molecule has 0 unspecified atom stereocenters. The lowest BCUT2D eigenvalue weighted by atomic mass is 10.1. The Labute approximate surface area is 98.1 Å². The lowest BCUT2D eigenvalue weighted by Crippen LogP contribution is -2.07. The zero-order valence-electron chi connectivity index (χ0n) is 10.3. The second kappa shape index (κ2) is 7.04. The Balaban J connectivity index is 2.60. The minimum atomic E-state index is 0.207. The van der Waals surface area contributed by atoms with Gasteiger partial charge in [-0.15, -0.1) is 0 Å². The summed E-state index contributed by atoms with van der Waals surface area (Å²) in [5, 5.41) is 3.34. The summed E-state index contributed by atoms with van der Waals surface area (Å²) >= 11 is 0. The highest BCUT2D eigenvalue weighted by molar-refractivity contribution is 6.00. The maximum Gasteiger partial charge on any atom is 0.164 e. The van der Waals surface area contributed by atoms with Gasteiger partial charge in [-0.05, 0) is 18.6 Å². The molecule has 0 saturated heterocycles. The molecule has 0 heterocycles. The van der Waals surface area contributed by atoms with Gasteiger partial charge in [-0.2, -0.15) is 0 Å². The molecule has 1 aromatic carbocycles. The van der Waals surface area contributed by atoms with Crippen LogP contribution in [0.5, 0.6) is 0 Å². The van der Waals surface area contributed by atoms with Crippen LogP contribution in [0.4, 0.5) is 5.69 Å². The molecule has 0 aliphatic heterocycles. The molecule has 2 nitrogen and oxygen atoms in total. The number of unbranched alkanes of at least 4 members (excludes halogenated alkanes) is 2. The minimum absolute atomic E-state index is 0.207. The maximum absolute atomic E-state index is 11.7. The van der Waals surface area contributed by atoms with Crippen molar-refractivity contribution in [2.45, 2.75) is 39.5 Å². The minimum Gasteiger partial charge on any atom is -0.384 e.